The molecule has 6 nitrogen and oxygen atoms in total. The van der Waals surface area contributed by atoms with E-state index in [1.54, 1.807) is 7.11 Å². The maximum absolute atomic E-state index is 13.0. The van der Waals surface area contributed by atoms with Crippen molar-refractivity contribution < 1.29 is 9.53 Å². The molecule has 3 heterocycles. The van der Waals surface area contributed by atoms with Crippen LogP contribution >= 0.6 is 11.3 Å². The number of benzene rings is 1. The van der Waals surface area contributed by atoms with Crippen molar-refractivity contribution in [2.75, 3.05) is 38.2 Å². The third-order valence-electron chi connectivity index (χ3n) is 6.68. The van der Waals surface area contributed by atoms with Crippen LogP contribution < -0.4 is 9.64 Å². The van der Waals surface area contributed by atoms with Gasteiger partial charge in [-0.2, -0.15) is 0 Å². The number of carbonyl (C=O) groups excluding carboxylic acids is 1. The van der Waals surface area contributed by atoms with Crippen LogP contribution in [0, 0.1) is 5.92 Å². The van der Waals surface area contributed by atoms with E-state index in [0.717, 1.165) is 54.7 Å². The van der Waals surface area contributed by atoms with E-state index in [0.29, 0.717) is 24.4 Å². The zero-order valence-electron chi connectivity index (χ0n) is 19.1. The van der Waals surface area contributed by atoms with E-state index in [1.165, 1.54) is 22.2 Å². The van der Waals surface area contributed by atoms with E-state index in [-0.39, 0.29) is 5.91 Å². The largest absolute Gasteiger partial charge is 0.497 e. The first-order valence-corrected chi connectivity index (χ1v) is 12.4. The first kappa shape index (κ1) is 21.2. The van der Waals surface area contributed by atoms with Gasteiger partial charge in [-0.1, -0.05) is 19.9 Å². The van der Waals surface area contributed by atoms with Crippen molar-refractivity contribution in [1.29, 1.82) is 0 Å². The van der Waals surface area contributed by atoms with E-state index in [9.17, 15) is 4.79 Å². The molecule has 1 unspecified atom stereocenters. The van der Waals surface area contributed by atoms with E-state index >= 15 is 0 Å². The van der Waals surface area contributed by atoms with Gasteiger partial charge < -0.3 is 14.5 Å². The van der Waals surface area contributed by atoms with E-state index < -0.39 is 0 Å². The van der Waals surface area contributed by atoms with Crippen LogP contribution in [0.1, 0.15) is 46.9 Å². The SMILES string of the molecule is CCc1nc(N2CCN(C(=O)c3cccc(OC)c3)CC2)c2c3c(sc2n1)CC(C)CC3. The Bertz CT molecular complexity index is 1150. The van der Waals surface area contributed by atoms with Gasteiger partial charge in [-0.3, -0.25) is 4.79 Å². The van der Waals surface area contributed by atoms with Gasteiger partial charge >= 0.3 is 0 Å². The third kappa shape index (κ3) is 3.83. The summed E-state index contributed by atoms with van der Waals surface area (Å²) in [7, 11) is 1.62. The first-order chi connectivity index (χ1) is 15.6. The molecule has 7 heteroatoms. The summed E-state index contributed by atoms with van der Waals surface area (Å²) in [5, 5.41) is 1.27. The lowest BCUT2D eigenvalue weighted by Gasteiger charge is -2.36. The third-order valence-corrected chi connectivity index (χ3v) is 7.83. The molecule has 1 aliphatic heterocycles. The van der Waals surface area contributed by atoms with Gasteiger partial charge in [0.15, 0.2) is 0 Å². The van der Waals surface area contributed by atoms with Gasteiger partial charge in [-0.05, 0) is 48.9 Å². The zero-order valence-corrected chi connectivity index (χ0v) is 19.9. The molecule has 168 valence electrons. The highest BCUT2D eigenvalue weighted by molar-refractivity contribution is 7.19. The Morgan fingerprint density at radius 1 is 1.22 bits per heavy atom. The number of amides is 1. The van der Waals surface area contributed by atoms with Crippen LogP contribution in [0.25, 0.3) is 10.2 Å². The normalized spacial score (nSPS) is 18.7. The second-order valence-corrected chi connectivity index (χ2v) is 9.94. The van der Waals surface area contributed by atoms with Crippen LogP contribution in [-0.4, -0.2) is 54.1 Å². The molecular weight excluding hydrogens is 420 g/mol. The summed E-state index contributed by atoms with van der Waals surface area (Å²) >= 11 is 1.86. The van der Waals surface area contributed by atoms with Crippen molar-refractivity contribution in [2.24, 2.45) is 5.92 Å². The van der Waals surface area contributed by atoms with Crippen molar-refractivity contribution in [3.63, 3.8) is 0 Å². The van der Waals surface area contributed by atoms with Crippen LogP contribution in [0.5, 0.6) is 5.75 Å². The van der Waals surface area contributed by atoms with Crippen molar-refractivity contribution in [2.45, 2.75) is 39.5 Å². The number of piperazine rings is 1. The molecule has 2 aliphatic rings. The quantitative estimate of drug-likeness (QED) is 0.592. The summed E-state index contributed by atoms with van der Waals surface area (Å²) in [6, 6.07) is 7.40. The van der Waals surface area contributed by atoms with Gasteiger partial charge in [-0.15, -0.1) is 11.3 Å². The molecule has 2 aromatic heterocycles. The molecule has 3 aromatic rings. The monoisotopic (exact) mass is 450 g/mol. The maximum atomic E-state index is 13.0. The standard InChI is InChI=1S/C25H30N4O2S/c1-4-21-26-23(22-19-9-8-16(2)14-20(19)32-24(22)27-21)28-10-12-29(13-11-28)25(30)17-6-5-7-18(15-17)31-3/h5-7,15-16H,4,8-14H2,1-3H3. The highest BCUT2D eigenvalue weighted by Gasteiger charge is 2.28. The van der Waals surface area contributed by atoms with Gasteiger partial charge in [0.1, 0.15) is 22.2 Å². The molecule has 1 fully saturated rings. The fraction of sp³-hybridized carbons (Fsp3) is 0.480. The minimum atomic E-state index is 0.0625. The molecule has 1 aromatic carbocycles. The number of rotatable bonds is 4. The second-order valence-electron chi connectivity index (χ2n) is 8.86. The van der Waals surface area contributed by atoms with Crippen molar-refractivity contribution >= 4 is 33.3 Å². The van der Waals surface area contributed by atoms with E-state index in [4.69, 9.17) is 14.7 Å². The molecule has 5 rings (SSSR count). The number of carbonyl (C=O) groups is 1. The Balaban J connectivity index is 1.40. The number of fused-ring (bicyclic) bond motifs is 3. The van der Waals surface area contributed by atoms with Gasteiger partial charge in [-0.25, -0.2) is 9.97 Å². The summed E-state index contributed by atoms with van der Waals surface area (Å²) in [5.41, 5.74) is 2.15. The molecule has 0 N–H and O–H groups in total. The summed E-state index contributed by atoms with van der Waals surface area (Å²) in [5.74, 6) is 3.50. The Hall–Kier alpha value is -2.67. The topological polar surface area (TPSA) is 58.6 Å². The molecule has 1 aliphatic carbocycles. The molecule has 0 bridgehead atoms. The zero-order chi connectivity index (χ0) is 22.2. The number of ether oxygens (including phenoxy) is 1. The van der Waals surface area contributed by atoms with E-state index in [1.807, 2.05) is 40.5 Å². The number of aromatic nitrogens is 2. The minimum Gasteiger partial charge on any atom is -0.497 e. The van der Waals surface area contributed by atoms with Crippen LogP contribution in [0.15, 0.2) is 24.3 Å². The van der Waals surface area contributed by atoms with Crippen LogP contribution in [0.2, 0.25) is 0 Å². The molecule has 1 atom stereocenters. The van der Waals surface area contributed by atoms with Gasteiger partial charge in [0.2, 0.25) is 0 Å². The molecule has 0 spiro atoms. The van der Waals surface area contributed by atoms with Crippen LogP contribution in [0.4, 0.5) is 5.82 Å². The van der Waals surface area contributed by atoms with Crippen molar-refractivity contribution in [3.8, 4) is 5.75 Å². The summed E-state index contributed by atoms with van der Waals surface area (Å²) < 4.78 is 5.28. The number of hydrogen-bond donors (Lipinski definition) is 0. The molecule has 1 saturated heterocycles. The highest BCUT2D eigenvalue weighted by Crippen LogP contribution is 2.41. The highest BCUT2D eigenvalue weighted by atomic mass is 32.1. The van der Waals surface area contributed by atoms with Crippen LogP contribution in [-0.2, 0) is 19.3 Å². The average Bonchev–Trinajstić information content (AvgIpc) is 3.20. The average molecular weight is 451 g/mol. The first-order valence-electron chi connectivity index (χ1n) is 11.6. The lowest BCUT2D eigenvalue weighted by Crippen LogP contribution is -2.49. The molecule has 0 saturated carbocycles. The predicted octanol–water partition coefficient (Wildman–Crippen LogP) is 4.35. The smallest absolute Gasteiger partial charge is 0.254 e. The Morgan fingerprint density at radius 3 is 2.78 bits per heavy atom. The molecule has 32 heavy (non-hydrogen) atoms. The number of nitrogens with zero attached hydrogens (tertiary/aromatic N) is 4. The maximum Gasteiger partial charge on any atom is 0.254 e. The number of aryl methyl sites for hydroxylation is 2. The Kier molecular flexibility index (Phi) is 5.76. The summed E-state index contributed by atoms with van der Waals surface area (Å²) in [4.78, 5) is 29.8. The van der Waals surface area contributed by atoms with Gasteiger partial charge in [0, 0.05) is 43.0 Å². The van der Waals surface area contributed by atoms with E-state index in [2.05, 4.69) is 18.7 Å². The lowest BCUT2D eigenvalue weighted by atomic mass is 9.89. The Morgan fingerprint density at radius 2 is 2.03 bits per heavy atom. The number of thiophene rings is 1. The minimum absolute atomic E-state index is 0.0625. The fourth-order valence-corrected chi connectivity index (χ4v) is 6.21. The van der Waals surface area contributed by atoms with Gasteiger partial charge in [0.25, 0.3) is 5.91 Å². The Labute approximate surface area is 193 Å². The van der Waals surface area contributed by atoms with Crippen molar-refractivity contribution in [1.82, 2.24) is 14.9 Å². The molecule has 0 radical (unpaired) electrons. The number of hydrogen-bond acceptors (Lipinski definition) is 6. The summed E-state index contributed by atoms with van der Waals surface area (Å²) in [6.45, 7) is 7.40. The van der Waals surface area contributed by atoms with Gasteiger partial charge in [0.05, 0.1) is 12.5 Å². The van der Waals surface area contributed by atoms with Crippen LogP contribution in [0.3, 0.4) is 0 Å². The molecular formula is C25H30N4O2S. The number of anilines is 1. The van der Waals surface area contributed by atoms with Crippen molar-refractivity contribution in [3.05, 3.63) is 46.1 Å². The fourth-order valence-electron chi connectivity index (χ4n) is 4.81. The predicted molar refractivity (Wildman–Crippen MR) is 129 cm³/mol. The summed E-state index contributed by atoms with van der Waals surface area (Å²) in [6.07, 6.45) is 4.33. The number of methoxy groups -OCH3 is 1. The second kappa shape index (κ2) is 8.70. The lowest BCUT2D eigenvalue weighted by molar-refractivity contribution is 0.0746. The molecule has 1 amide bonds.